The number of ether oxygens (including phenoxy) is 1. The Kier molecular flexibility index (Phi) is 4.13. The largest absolute Gasteiger partial charge is 0.381 e. The summed E-state index contributed by atoms with van der Waals surface area (Å²) in [6, 6.07) is 8.18. The molecule has 0 spiro atoms. The van der Waals surface area contributed by atoms with Gasteiger partial charge in [-0.25, -0.2) is 0 Å². The molecular formula is C13H15BrO2. The third-order valence-electron chi connectivity index (χ3n) is 3.07. The Labute approximate surface area is 104 Å². The Hall–Kier alpha value is -0.670. The van der Waals surface area contributed by atoms with Gasteiger partial charge >= 0.3 is 0 Å². The first-order valence-electron chi connectivity index (χ1n) is 5.59. The molecule has 1 aromatic rings. The SMILES string of the molecule is O=CC(Br)c1ccccc1C1CCOCC1. The Bertz CT molecular complexity index is 359. The molecule has 0 aromatic heterocycles. The summed E-state index contributed by atoms with van der Waals surface area (Å²) in [5, 5.41) is 0. The van der Waals surface area contributed by atoms with E-state index in [2.05, 4.69) is 22.0 Å². The zero-order valence-electron chi connectivity index (χ0n) is 9.06. The second-order valence-corrected chi connectivity index (χ2v) is 5.04. The molecule has 3 heteroatoms. The summed E-state index contributed by atoms with van der Waals surface area (Å²) in [4.78, 5) is 10.7. The standard InChI is InChI=1S/C13H15BrO2/c14-13(9-15)12-4-2-1-3-11(12)10-5-7-16-8-6-10/h1-4,9-10,13H,5-8H2. The second-order valence-electron chi connectivity index (χ2n) is 4.05. The minimum atomic E-state index is -0.188. The lowest BCUT2D eigenvalue weighted by atomic mass is 9.87. The molecule has 1 heterocycles. The molecule has 16 heavy (non-hydrogen) atoms. The van der Waals surface area contributed by atoms with Gasteiger partial charge in [-0.1, -0.05) is 40.2 Å². The van der Waals surface area contributed by atoms with Crippen molar-refractivity contribution in [1.82, 2.24) is 0 Å². The molecule has 0 N–H and O–H groups in total. The summed E-state index contributed by atoms with van der Waals surface area (Å²) in [5.74, 6) is 0.532. The topological polar surface area (TPSA) is 26.3 Å². The van der Waals surface area contributed by atoms with E-state index in [0.29, 0.717) is 5.92 Å². The van der Waals surface area contributed by atoms with Gasteiger partial charge in [0.05, 0.1) is 4.83 Å². The summed E-state index contributed by atoms with van der Waals surface area (Å²) in [6.07, 6.45) is 3.04. The fraction of sp³-hybridized carbons (Fsp3) is 0.462. The molecule has 0 bridgehead atoms. The second kappa shape index (κ2) is 5.60. The van der Waals surface area contributed by atoms with Crippen molar-refractivity contribution in [2.45, 2.75) is 23.6 Å². The Morgan fingerprint density at radius 3 is 2.69 bits per heavy atom. The van der Waals surface area contributed by atoms with Gasteiger partial charge in [0, 0.05) is 13.2 Å². The maximum atomic E-state index is 10.9. The zero-order valence-corrected chi connectivity index (χ0v) is 10.7. The molecular weight excluding hydrogens is 268 g/mol. The highest BCUT2D eigenvalue weighted by Crippen LogP contribution is 2.34. The lowest BCUT2D eigenvalue weighted by Crippen LogP contribution is -2.15. The van der Waals surface area contributed by atoms with Crippen LogP contribution in [-0.2, 0) is 9.53 Å². The van der Waals surface area contributed by atoms with Gasteiger partial charge in [0.25, 0.3) is 0 Å². The van der Waals surface area contributed by atoms with E-state index in [4.69, 9.17) is 4.74 Å². The van der Waals surface area contributed by atoms with Gasteiger partial charge in [0.1, 0.15) is 6.29 Å². The van der Waals surface area contributed by atoms with E-state index in [1.807, 2.05) is 18.2 Å². The summed E-state index contributed by atoms with van der Waals surface area (Å²) in [6.45, 7) is 1.65. The monoisotopic (exact) mass is 282 g/mol. The predicted octanol–water partition coefficient (Wildman–Crippen LogP) is 3.22. The van der Waals surface area contributed by atoms with Crippen molar-refractivity contribution < 1.29 is 9.53 Å². The average Bonchev–Trinajstić information content (AvgIpc) is 2.39. The molecule has 1 fully saturated rings. The van der Waals surface area contributed by atoms with Crippen LogP contribution in [0, 0.1) is 0 Å². The van der Waals surface area contributed by atoms with Crippen molar-refractivity contribution >= 4 is 22.2 Å². The lowest BCUT2D eigenvalue weighted by molar-refractivity contribution is -0.107. The molecule has 1 aliphatic heterocycles. The van der Waals surface area contributed by atoms with Crippen LogP contribution in [-0.4, -0.2) is 19.5 Å². The zero-order chi connectivity index (χ0) is 11.4. The number of benzene rings is 1. The molecule has 1 aromatic carbocycles. The van der Waals surface area contributed by atoms with E-state index in [-0.39, 0.29) is 4.83 Å². The van der Waals surface area contributed by atoms with Gasteiger partial charge in [-0.05, 0) is 29.9 Å². The van der Waals surface area contributed by atoms with Crippen molar-refractivity contribution in [3.05, 3.63) is 35.4 Å². The molecule has 0 radical (unpaired) electrons. The van der Waals surface area contributed by atoms with Crippen molar-refractivity contribution in [3.8, 4) is 0 Å². The fourth-order valence-electron chi connectivity index (χ4n) is 2.22. The highest BCUT2D eigenvalue weighted by atomic mass is 79.9. The van der Waals surface area contributed by atoms with E-state index in [9.17, 15) is 4.79 Å². The molecule has 0 saturated carbocycles. The van der Waals surface area contributed by atoms with E-state index < -0.39 is 0 Å². The molecule has 1 unspecified atom stereocenters. The van der Waals surface area contributed by atoms with Crippen molar-refractivity contribution in [3.63, 3.8) is 0 Å². The predicted molar refractivity (Wildman–Crippen MR) is 67.0 cm³/mol. The fourth-order valence-corrected chi connectivity index (χ4v) is 2.63. The van der Waals surface area contributed by atoms with Gasteiger partial charge in [-0.2, -0.15) is 0 Å². The summed E-state index contributed by atoms with van der Waals surface area (Å²) in [5.41, 5.74) is 2.39. The highest BCUT2D eigenvalue weighted by molar-refractivity contribution is 9.09. The van der Waals surface area contributed by atoms with Crippen LogP contribution in [0.5, 0.6) is 0 Å². The summed E-state index contributed by atoms with van der Waals surface area (Å²) >= 11 is 3.40. The number of carbonyl (C=O) groups is 1. The smallest absolute Gasteiger partial charge is 0.138 e. The molecule has 2 rings (SSSR count). The number of hydrogen-bond donors (Lipinski definition) is 0. The lowest BCUT2D eigenvalue weighted by Gasteiger charge is -2.25. The molecule has 0 amide bonds. The van der Waals surface area contributed by atoms with Gasteiger partial charge in [-0.3, -0.25) is 0 Å². The number of alkyl halides is 1. The number of aldehydes is 1. The van der Waals surface area contributed by atoms with Gasteiger partial charge in [0.15, 0.2) is 0 Å². The van der Waals surface area contributed by atoms with E-state index >= 15 is 0 Å². The molecule has 1 atom stereocenters. The van der Waals surface area contributed by atoms with Crippen LogP contribution in [0.2, 0.25) is 0 Å². The van der Waals surface area contributed by atoms with Crippen LogP contribution < -0.4 is 0 Å². The first-order valence-corrected chi connectivity index (χ1v) is 6.50. The molecule has 1 saturated heterocycles. The summed E-state index contributed by atoms with van der Waals surface area (Å²) in [7, 11) is 0. The number of halogens is 1. The maximum Gasteiger partial charge on any atom is 0.138 e. The van der Waals surface area contributed by atoms with Crippen LogP contribution in [0.4, 0.5) is 0 Å². The minimum absolute atomic E-state index is 0.188. The van der Waals surface area contributed by atoms with Crippen LogP contribution >= 0.6 is 15.9 Å². The molecule has 0 aliphatic carbocycles. The van der Waals surface area contributed by atoms with Gasteiger partial charge in [-0.15, -0.1) is 0 Å². The van der Waals surface area contributed by atoms with Crippen LogP contribution in [0.25, 0.3) is 0 Å². The average molecular weight is 283 g/mol. The van der Waals surface area contributed by atoms with Crippen molar-refractivity contribution in [1.29, 1.82) is 0 Å². The quantitative estimate of drug-likeness (QED) is 0.629. The molecule has 1 aliphatic rings. The van der Waals surface area contributed by atoms with Gasteiger partial charge in [0.2, 0.25) is 0 Å². The van der Waals surface area contributed by atoms with Crippen LogP contribution in [0.3, 0.4) is 0 Å². The third-order valence-corrected chi connectivity index (χ3v) is 3.78. The van der Waals surface area contributed by atoms with E-state index in [1.165, 1.54) is 5.56 Å². The van der Waals surface area contributed by atoms with E-state index in [0.717, 1.165) is 37.9 Å². The minimum Gasteiger partial charge on any atom is -0.381 e. The first kappa shape index (κ1) is 11.8. The van der Waals surface area contributed by atoms with Crippen molar-refractivity contribution in [2.75, 3.05) is 13.2 Å². The Balaban J connectivity index is 2.27. The number of carbonyl (C=O) groups excluding carboxylic acids is 1. The maximum absolute atomic E-state index is 10.9. The Morgan fingerprint density at radius 1 is 1.31 bits per heavy atom. The van der Waals surface area contributed by atoms with Gasteiger partial charge < -0.3 is 9.53 Å². The molecule has 86 valence electrons. The molecule has 2 nitrogen and oxygen atoms in total. The number of hydrogen-bond acceptors (Lipinski definition) is 2. The normalized spacial score (nSPS) is 19.3. The Morgan fingerprint density at radius 2 is 2.00 bits per heavy atom. The van der Waals surface area contributed by atoms with Crippen LogP contribution in [0.1, 0.15) is 34.7 Å². The van der Waals surface area contributed by atoms with E-state index in [1.54, 1.807) is 0 Å². The highest BCUT2D eigenvalue weighted by Gasteiger charge is 2.20. The van der Waals surface area contributed by atoms with Crippen molar-refractivity contribution in [2.24, 2.45) is 0 Å². The third kappa shape index (κ3) is 2.53. The summed E-state index contributed by atoms with van der Waals surface area (Å²) < 4.78 is 5.37. The number of rotatable bonds is 3. The first-order chi connectivity index (χ1) is 7.83. The van der Waals surface area contributed by atoms with Crippen LogP contribution in [0.15, 0.2) is 24.3 Å².